The summed E-state index contributed by atoms with van der Waals surface area (Å²) in [5.74, 6) is 1.22. The summed E-state index contributed by atoms with van der Waals surface area (Å²) in [6.45, 7) is 0. The number of primary amides is 1. The second-order valence-corrected chi connectivity index (χ2v) is 6.72. The van der Waals surface area contributed by atoms with Gasteiger partial charge in [-0.25, -0.2) is 0 Å². The first-order valence-corrected chi connectivity index (χ1v) is 8.12. The highest BCUT2D eigenvalue weighted by atomic mass is 35.5. The number of carbonyl (C=O) groups excluding carboxylic acids is 2. The number of fused-ring (bicyclic) bond motifs is 2. The first-order chi connectivity index (χ1) is 9.06. The molecule has 0 radical (unpaired) electrons. The molecule has 2 aliphatic rings. The fourth-order valence-electron chi connectivity index (χ4n) is 3.50. The van der Waals surface area contributed by atoms with Gasteiger partial charge in [0.1, 0.15) is 0 Å². The van der Waals surface area contributed by atoms with Gasteiger partial charge in [0.25, 0.3) is 0 Å². The molecule has 0 aromatic carbocycles. The van der Waals surface area contributed by atoms with Crippen LogP contribution in [0.1, 0.15) is 32.1 Å². The summed E-state index contributed by atoms with van der Waals surface area (Å²) in [6, 6.07) is 0.586. The molecule has 2 unspecified atom stereocenters. The molecule has 116 valence electrons. The van der Waals surface area contributed by atoms with Gasteiger partial charge in [-0.2, -0.15) is 0 Å². The van der Waals surface area contributed by atoms with Crippen LogP contribution in [0.25, 0.3) is 0 Å². The normalized spacial score (nSPS) is 32.0. The Labute approximate surface area is 130 Å². The molecule has 5 nitrogen and oxygen atoms in total. The van der Waals surface area contributed by atoms with Gasteiger partial charge >= 0.3 is 0 Å². The van der Waals surface area contributed by atoms with Gasteiger partial charge in [-0.15, -0.1) is 24.2 Å². The van der Waals surface area contributed by atoms with Crippen LogP contribution in [0.3, 0.4) is 0 Å². The second-order valence-electron chi connectivity index (χ2n) is 5.73. The van der Waals surface area contributed by atoms with E-state index in [1.54, 1.807) is 0 Å². The van der Waals surface area contributed by atoms with Crippen molar-refractivity contribution in [3.8, 4) is 0 Å². The molecule has 0 heterocycles. The Hall–Kier alpha value is -0.460. The van der Waals surface area contributed by atoms with Crippen molar-refractivity contribution in [3.63, 3.8) is 0 Å². The summed E-state index contributed by atoms with van der Waals surface area (Å²) in [4.78, 5) is 22.5. The molecule has 0 saturated heterocycles. The van der Waals surface area contributed by atoms with E-state index in [2.05, 4.69) is 5.32 Å². The number of nitrogens with one attached hydrogen (secondary N) is 1. The monoisotopic (exact) mass is 321 g/mol. The maximum atomic E-state index is 11.9. The lowest BCUT2D eigenvalue weighted by atomic mass is 9.67. The number of amides is 2. The number of thioether (sulfide) groups is 1. The molecule has 0 aromatic rings. The van der Waals surface area contributed by atoms with Gasteiger partial charge in [0.05, 0.1) is 11.5 Å². The summed E-state index contributed by atoms with van der Waals surface area (Å²) in [7, 11) is 0. The minimum absolute atomic E-state index is 0. The number of hydrogen-bond donors (Lipinski definition) is 3. The average molecular weight is 322 g/mol. The van der Waals surface area contributed by atoms with E-state index in [4.69, 9.17) is 11.5 Å². The van der Waals surface area contributed by atoms with E-state index in [0.717, 1.165) is 12.8 Å². The van der Waals surface area contributed by atoms with E-state index in [1.807, 2.05) is 0 Å². The Morgan fingerprint density at radius 2 is 1.75 bits per heavy atom. The SMILES string of the molecule is Cl.NC(=O)CSCC(=O)NC1C2CCCC1CC(N)C2. The topological polar surface area (TPSA) is 98.2 Å². The van der Waals surface area contributed by atoms with Crippen LogP contribution in [-0.4, -0.2) is 35.4 Å². The molecule has 2 fully saturated rings. The summed E-state index contributed by atoms with van der Waals surface area (Å²) < 4.78 is 0. The molecule has 0 aliphatic heterocycles. The molecule has 2 bridgehead atoms. The van der Waals surface area contributed by atoms with E-state index in [1.165, 1.54) is 31.0 Å². The quantitative estimate of drug-likeness (QED) is 0.692. The second kappa shape index (κ2) is 8.10. The van der Waals surface area contributed by atoms with E-state index in [9.17, 15) is 9.59 Å². The van der Waals surface area contributed by atoms with Gasteiger partial charge in [-0.05, 0) is 37.5 Å². The Bertz CT molecular complexity index is 343. The smallest absolute Gasteiger partial charge is 0.230 e. The number of rotatable bonds is 5. The molecule has 2 aliphatic carbocycles. The fourth-order valence-corrected chi connectivity index (χ4v) is 4.07. The molecule has 2 rings (SSSR count). The molecule has 0 aromatic heterocycles. The standard InChI is InChI=1S/C13H23N3O2S.ClH/c14-10-4-8-2-1-3-9(5-10)13(8)16-12(18)7-19-6-11(15)17;/h8-10,13H,1-7,14H2,(H2,15,17)(H,16,18);1H. The molecular formula is C13H24ClN3O2S. The third-order valence-corrected chi connectivity index (χ3v) is 5.14. The highest BCUT2D eigenvalue weighted by Gasteiger charge is 2.39. The van der Waals surface area contributed by atoms with E-state index < -0.39 is 0 Å². The fraction of sp³-hybridized carbons (Fsp3) is 0.846. The molecule has 0 spiro atoms. The van der Waals surface area contributed by atoms with E-state index >= 15 is 0 Å². The van der Waals surface area contributed by atoms with Crippen LogP contribution in [0.2, 0.25) is 0 Å². The van der Waals surface area contributed by atoms with Gasteiger partial charge in [-0.3, -0.25) is 9.59 Å². The summed E-state index contributed by atoms with van der Waals surface area (Å²) in [5.41, 5.74) is 11.1. The minimum atomic E-state index is -0.377. The number of hydrogen-bond acceptors (Lipinski definition) is 4. The molecule has 5 N–H and O–H groups in total. The molecule has 7 heteroatoms. The highest BCUT2D eigenvalue weighted by Crippen LogP contribution is 2.39. The van der Waals surface area contributed by atoms with Crippen molar-refractivity contribution in [2.24, 2.45) is 23.3 Å². The predicted molar refractivity (Wildman–Crippen MR) is 83.7 cm³/mol. The number of halogens is 1. The highest BCUT2D eigenvalue weighted by molar-refractivity contribution is 8.00. The molecule has 20 heavy (non-hydrogen) atoms. The van der Waals surface area contributed by atoms with Crippen molar-refractivity contribution in [1.29, 1.82) is 0 Å². The van der Waals surface area contributed by atoms with Crippen LogP contribution in [-0.2, 0) is 9.59 Å². The largest absolute Gasteiger partial charge is 0.369 e. The van der Waals surface area contributed by atoms with Crippen LogP contribution in [0.5, 0.6) is 0 Å². The van der Waals surface area contributed by atoms with Crippen LogP contribution < -0.4 is 16.8 Å². The Kier molecular flexibility index (Phi) is 7.12. The Morgan fingerprint density at radius 1 is 1.15 bits per heavy atom. The predicted octanol–water partition coefficient (Wildman–Crippen LogP) is 0.649. The summed E-state index contributed by atoms with van der Waals surface area (Å²) in [6.07, 6.45) is 5.64. The lowest BCUT2D eigenvalue weighted by Crippen LogP contribution is -2.54. The van der Waals surface area contributed by atoms with E-state index in [-0.39, 0.29) is 36.0 Å². The van der Waals surface area contributed by atoms with Gasteiger partial charge in [0, 0.05) is 12.1 Å². The van der Waals surface area contributed by atoms with Gasteiger partial charge in [0.2, 0.25) is 11.8 Å². The van der Waals surface area contributed by atoms with Crippen LogP contribution in [0.15, 0.2) is 0 Å². The van der Waals surface area contributed by atoms with Crippen molar-refractivity contribution in [3.05, 3.63) is 0 Å². The van der Waals surface area contributed by atoms with Crippen LogP contribution in [0.4, 0.5) is 0 Å². The van der Waals surface area contributed by atoms with Crippen molar-refractivity contribution >= 4 is 36.0 Å². The van der Waals surface area contributed by atoms with Crippen LogP contribution in [0, 0.1) is 11.8 Å². The van der Waals surface area contributed by atoms with Gasteiger partial charge < -0.3 is 16.8 Å². The zero-order valence-corrected chi connectivity index (χ0v) is 13.2. The lowest BCUT2D eigenvalue weighted by molar-refractivity contribution is -0.120. The number of nitrogens with two attached hydrogens (primary N) is 2. The molecule has 2 atom stereocenters. The zero-order chi connectivity index (χ0) is 13.8. The first-order valence-electron chi connectivity index (χ1n) is 6.97. The molecule has 2 saturated carbocycles. The molecular weight excluding hydrogens is 298 g/mol. The van der Waals surface area contributed by atoms with Gasteiger partial charge in [0.15, 0.2) is 0 Å². The third kappa shape index (κ3) is 4.82. The Morgan fingerprint density at radius 3 is 2.30 bits per heavy atom. The van der Waals surface area contributed by atoms with Crippen molar-refractivity contribution in [2.75, 3.05) is 11.5 Å². The average Bonchev–Trinajstić information content (AvgIpc) is 2.29. The summed E-state index contributed by atoms with van der Waals surface area (Å²) in [5, 5.41) is 3.15. The first kappa shape index (κ1) is 17.6. The number of carbonyl (C=O) groups is 2. The van der Waals surface area contributed by atoms with Crippen LogP contribution >= 0.6 is 24.2 Å². The zero-order valence-electron chi connectivity index (χ0n) is 11.5. The third-order valence-electron chi connectivity index (χ3n) is 4.18. The maximum Gasteiger partial charge on any atom is 0.230 e. The van der Waals surface area contributed by atoms with Gasteiger partial charge in [-0.1, -0.05) is 6.42 Å². The maximum absolute atomic E-state index is 11.9. The van der Waals surface area contributed by atoms with E-state index in [0.29, 0.717) is 23.6 Å². The molecule has 2 amide bonds. The Balaban J connectivity index is 0.00000200. The lowest BCUT2D eigenvalue weighted by Gasteiger charge is -2.45. The summed E-state index contributed by atoms with van der Waals surface area (Å²) >= 11 is 1.28. The minimum Gasteiger partial charge on any atom is -0.369 e. The van der Waals surface area contributed by atoms with Crippen molar-refractivity contribution in [1.82, 2.24) is 5.32 Å². The van der Waals surface area contributed by atoms with Crippen molar-refractivity contribution < 1.29 is 9.59 Å². The van der Waals surface area contributed by atoms with Crippen molar-refractivity contribution in [2.45, 2.75) is 44.2 Å².